The Bertz CT molecular complexity index is 1440. The van der Waals surface area contributed by atoms with E-state index in [-0.39, 0.29) is 0 Å². The van der Waals surface area contributed by atoms with Crippen LogP contribution in [0, 0.1) is 0 Å². The zero-order valence-electron chi connectivity index (χ0n) is 25.6. The number of anilines is 1. The fourth-order valence-electron chi connectivity index (χ4n) is 5.42. The third-order valence-electron chi connectivity index (χ3n) is 7.34. The molecule has 4 aromatic rings. The number of esters is 1. The van der Waals surface area contributed by atoms with E-state index in [4.69, 9.17) is 13.9 Å². The predicted octanol–water partition coefficient (Wildman–Crippen LogP) is 9.63. The van der Waals surface area contributed by atoms with E-state index in [0.717, 1.165) is 20.9 Å². The summed E-state index contributed by atoms with van der Waals surface area (Å²) in [6.07, 6.45) is 0. The third kappa shape index (κ3) is 7.44. The summed E-state index contributed by atoms with van der Waals surface area (Å²) in [5.41, 5.74) is 3.44. The topological polar surface area (TPSA) is 85.6 Å². The number of fused-ring (bicyclic) bond motifs is 1. The van der Waals surface area contributed by atoms with Crippen molar-refractivity contribution in [1.82, 2.24) is 4.98 Å². The summed E-state index contributed by atoms with van der Waals surface area (Å²) in [6.45, 7) is 14.7. The Balaban J connectivity index is 1.29. The Morgan fingerprint density at radius 3 is 2.05 bits per heavy atom. The molecule has 2 aromatic carbocycles. The number of rotatable bonds is 13. The van der Waals surface area contributed by atoms with Crippen LogP contribution in [0.4, 0.5) is 16.5 Å². The summed E-state index contributed by atoms with van der Waals surface area (Å²) in [5, 5.41) is 9.08. The highest BCUT2D eigenvalue weighted by atomic mass is 32.1. The molecule has 0 aliphatic heterocycles. The smallest absolute Gasteiger partial charge is 0.353 e. The standard InChI is InChI=1S/C31H40N4O4S2Si/c1-20(2)42(21(3)4,22(5)6)38-18-17-37-25-13-15-26(16-14-25)39-30(36)28-19-27-29(40-28)32-31(41-27)34-33-23-9-11-24(12-10-23)35(7)8/h9-16,19-22H,17-18H2,1-8H3. The van der Waals surface area contributed by atoms with Gasteiger partial charge in [0.2, 0.25) is 5.13 Å². The van der Waals surface area contributed by atoms with Crippen LogP contribution in [0.15, 0.2) is 64.8 Å². The summed E-state index contributed by atoms with van der Waals surface area (Å²) in [6, 6.07) is 16.7. The molecule has 0 spiro atoms. The summed E-state index contributed by atoms with van der Waals surface area (Å²) in [5.74, 6) is 0.739. The maximum absolute atomic E-state index is 12.8. The Morgan fingerprint density at radius 1 is 0.857 bits per heavy atom. The lowest BCUT2D eigenvalue weighted by Gasteiger charge is -2.42. The van der Waals surface area contributed by atoms with Gasteiger partial charge in [0.05, 0.1) is 17.0 Å². The van der Waals surface area contributed by atoms with E-state index in [2.05, 4.69) is 56.8 Å². The second kappa shape index (κ2) is 13.9. The molecule has 0 unspecified atom stereocenters. The van der Waals surface area contributed by atoms with Gasteiger partial charge >= 0.3 is 5.97 Å². The number of carbonyl (C=O) groups is 1. The number of hydrogen-bond acceptors (Lipinski definition) is 10. The van der Waals surface area contributed by atoms with Crippen molar-refractivity contribution >= 4 is 63.0 Å². The second-order valence-corrected chi connectivity index (χ2v) is 18.8. The molecular weight excluding hydrogens is 585 g/mol. The zero-order valence-corrected chi connectivity index (χ0v) is 28.2. The van der Waals surface area contributed by atoms with E-state index in [1.807, 2.05) is 43.3 Å². The highest BCUT2D eigenvalue weighted by Crippen LogP contribution is 2.42. The second-order valence-electron chi connectivity index (χ2n) is 11.3. The van der Waals surface area contributed by atoms with Crippen molar-refractivity contribution in [3.05, 3.63) is 59.5 Å². The van der Waals surface area contributed by atoms with E-state index >= 15 is 0 Å². The summed E-state index contributed by atoms with van der Waals surface area (Å²) in [7, 11) is 2.07. The molecule has 0 radical (unpaired) electrons. The number of ether oxygens (including phenoxy) is 2. The lowest BCUT2D eigenvalue weighted by molar-refractivity contribution is 0.0739. The van der Waals surface area contributed by atoms with Gasteiger partial charge in [-0.15, -0.1) is 21.6 Å². The first-order valence-electron chi connectivity index (χ1n) is 14.2. The van der Waals surface area contributed by atoms with Gasteiger partial charge in [-0.2, -0.15) is 0 Å². The molecule has 2 heterocycles. The molecular formula is C31H40N4O4S2Si. The van der Waals surface area contributed by atoms with Gasteiger partial charge in [0.25, 0.3) is 0 Å². The van der Waals surface area contributed by atoms with Crippen molar-refractivity contribution in [2.24, 2.45) is 10.2 Å². The summed E-state index contributed by atoms with van der Waals surface area (Å²) in [4.78, 5) is 20.5. The normalized spacial score (nSPS) is 12.3. The van der Waals surface area contributed by atoms with E-state index in [1.165, 1.54) is 22.7 Å². The van der Waals surface area contributed by atoms with Crippen LogP contribution in [0.1, 0.15) is 51.2 Å². The molecule has 0 bridgehead atoms. The van der Waals surface area contributed by atoms with Crippen molar-refractivity contribution in [3.63, 3.8) is 0 Å². The van der Waals surface area contributed by atoms with Crippen LogP contribution in [0.25, 0.3) is 9.53 Å². The third-order valence-corrected chi connectivity index (χ3v) is 15.5. The van der Waals surface area contributed by atoms with Gasteiger partial charge in [-0.05, 0) is 71.2 Å². The molecule has 8 nitrogen and oxygen atoms in total. The van der Waals surface area contributed by atoms with E-state index in [9.17, 15) is 4.79 Å². The first-order valence-corrected chi connectivity index (χ1v) is 18.0. The lowest BCUT2D eigenvalue weighted by Crippen LogP contribution is -2.48. The molecule has 42 heavy (non-hydrogen) atoms. The number of thiazole rings is 1. The molecule has 2 aromatic heterocycles. The number of hydrogen-bond donors (Lipinski definition) is 0. The van der Waals surface area contributed by atoms with Gasteiger partial charge in [-0.25, -0.2) is 9.78 Å². The quantitative estimate of drug-likeness (QED) is 0.0484. The molecule has 0 saturated carbocycles. The van der Waals surface area contributed by atoms with Crippen LogP contribution in [0.3, 0.4) is 0 Å². The molecule has 0 fully saturated rings. The number of carbonyl (C=O) groups excluding carboxylic acids is 1. The first-order chi connectivity index (χ1) is 20.0. The monoisotopic (exact) mass is 624 g/mol. The number of benzene rings is 2. The van der Waals surface area contributed by atoms with E-state index in [0.29, 0.717) is 51.3 Å². The average Bonchev–Trinajstić information content (AvgIpc) is 3.52. The van der Waals surface area contributed by atoms with E-state index < -0.39 is 14.3 Å². The number of azo groups is 1. The van der Waals surface area contributed by atoms with Crippen LogP contribution >= 0.6 is 22.7 Å². The number of nitrogens with zero attached hydrogens (tertiary/aromatic N) is 4. The Kier molecular flexibility index (Phi) is 10.5. The van der Waals surface area contributed by atoms with Gasteiger partial charge in [0.15, 0.2) is 8.32 Å². The Labute approximate surface area is 257 Å². The van der Waals surface area contributed by atoms with E-state index in [1.54, 1.807) is 30.3 Å². The fraction of sp³-hybridized carbons (Fsp3) is 0.419. The maximum Gasteiger partial charge on any atom is 0.353 e. The molecule has 0 amide bonds. The van der Waals surface area contributed by atoms with Crippen LogP contribution < -0.4 is 14.4 Å². The van der Waals surface area contributed by atoms with Gasteiger partial charge in [0, 0.05) is 19.8 Å². The highest BCUT2D eigenvalue weighted by Gasteiger charge is 2.44. The van der Waals surface area contributed by atoms with Crippen LogP contribution in [-0.4, -0.2) is 46.6 Å². The number of aromatic nitrogens is 1. The van der Waals surface area contributed by atoms with Crippen LogP contribution in [0.5, 0.6) is 11.5 Å². The fourth-order valence-corrected chi connectivity index (χ4v) is 12.8. The highest BCUT2D eigenvalue weighted by molar-refractivity contribution is 7.29. The van der Waals surface area contributed by atoms with Gasteiger partial charge in [-0.3, -0.25) is 0 Å². The van der Waals surface area contributed by atoms with Crippen molar-refractivity contribution in [3.8, 4) is 11.5 Å². The summed E-state index contributed by atoms with van der Waals surface area (Å²) >= 11 is 2.66. The van der Waals surface area contributed by atoms with Crippen molar-refractivity contribution in [1.29, 1.82) is 0 Å². The molecule has 0 aliphatic rings. The molecule has 0 aliphatic carbocycles. The first kappa shape index (κ1) is 31.8. The lowest BCUT2D eigenvalue weighted by atomic mass is 10.3. The van der Waals surface area contributed by atoms with Crippen molar-refractivity contribution < 1.29 is 18.7 Å². The van der Waals surface area contributed by atoms with Gasteiger partial charge in [-0.1, -0.05) is 52.9 Å². The molecule has 11 heteroatoms. The molecule has 4 rings (SSSR count). The van der Waals surface area contributed by atoms with Crippen molar-refractivity contribution in [2.45, 2.75) is 58.2 Å². The summed E-state index contributed by atoms with van der Waals surface area (Å²) < 4.78 is 18.9. The molecule has 0 atom stereocenters. The average molecular weight is 625 g/mol. The Hall–Kier alpha value is -3.12. The largest absolute Gasteiger partial charge is 0.491 e. The van der Waals surface area contributed by atoms with Crippen molar-refractivity contribution in [2.75, 3.05) is 32.2 Å². The minimum atomic E-state index is -1.91. The SMILES string of the molecule is CC(C)[Si](OCCOc1ccc(OC(=O)c2cc3sc(N=Nc4ccc(N(C)C)cc4)nc3s2)cc1)(C(C)C)C(C)C. The molecule has 0 N–H and O–H groups in total. The van der Waals surface area contributed by atoms with Crippen LogP contribution in [0.2, 0.25) is 16.6 Å². The van der Waals surface area contributed by atoms with Crippen LogP contribution in [-0.2, 0) is 4.43 Å². The predicted molar refractivity (Wildman–Crippen MR) is 176 cm³/mol. The van der Waals surface area contributed by atoms with Gasteiger partial charge in [0.1, 0.15) is 27.8 Å². The minimum absolute atomic E-state index is 0.422. The molecule has 224 valence electrons. The van der Waals surface area contributed by atoms with Gasteiger partial charge < -0.3 is 18.8 Å². The zero-order chi connectivity index (χ0) is 30.4. The number of thiophene rings is 1. The Morgan fingerprint density at radius 2 is 1.48 bits per heavy atom. The minimum Gasteiger partial charge on any atom is -0.491 e. The maximum atomic E-state index is 12.8. The molecule has 0 saturated heterocycles.